The first-order valence-electron chi connectivity index (χ1n) is 6.72. The smallest absolute Gasteiger partial charge is 0.261 e. The van der Waals surface area contributed by atoms with Crippen molar-refractivity contribution < 1.29 is 13.5 Å². The molecule has 0 saturated carbocycles. The zero-order valence-electron chi connectivity index (χ0n) is 12.1. The summed E-state index contributed by atoms with van der Waals surface area (Å²) >= 11 is 6.29. The molecular weight excluding hydrogens is 288 g/mol. The van der Waals surface area contributed by atoms with Crippen molar-refractivity contribution in [3.63, 3.8) is 0 Å². The van der Waals surface area contributed by atoms with Crippen molar-refractivity contribution in [2.45, 2.75) is 38.7 Å². The molecule has 0 aliphatic rings. The number of hydrogen-bond donors (Lipinski definition) is 1. The monoisotopic (exact) mass is 309 g/mol. The average molecular weight is 310 g/mol. The standard InChI is InChI=1S/C13H22ClF2N3O/c1-4-10-13(14)11(19(3)18-10)7-9(17-2)5-6-20-8-12(15)16/h9,12,17H,4-8H2,1-3H3. The fraction of sp³-hybridized carbons (Fsp3) is 0.769. The van der Waals surface area contributed by atoms with E-state index >= 15 is 0 Å². The molecule has 1 heterocycles. The summed E-state index contributed by atoms with van der Waals surface area (Å²) in [7, 11) is 3.70. The maximum atomic E-state index is 12.0. The number of rotatable bonds is 9. The van der Waals surface area contributed by atoms with Crippen molar-refractivity contribution in [1.29, 1.82) is 0 Å². The molecule has 1 unspecified atom stereocenters. The second-order valence-corrected chi connectivity index (χ2v) is 5.01. The van der Waals surface area contributed by atoms with Gasteiger partial charge in [0.25, 0.3) is 6.43 Å². The third-order valence-corrected chi connectivity index (χ3v) is 3.64. The number of aryl methyl sites for hydroxylation is 2. The summed E-state index contributed by atoms with van der Waals surface area (Å²) in [4.78, 5) is 0. The minimum absolute atomic E-state index is 0.116. The van der Waals surface area contributed by atoms with Crippen molar-refractivity contribution in [3.05, 3.63) is 16.4 Å². The largest absolute Gasteiger partial charge is 0.375 e. The molecule has 1 atom stereocenters. The van der Waals surface area contributed by atoms with E-state index in [1.807, 2.05) is 21.0 Å². The van der Waals surface area contributed by atoms with Gasteiger partial charge in [-0.3, -0.25) is 4.68 Å². The molecule has 0 spiro atoms. The lowest BCUT2D eigenvalue weighted by molar-refractivity contribution is 0.0145. The van der Waals surface area contributed by atoms with Gasteiger partial charge in [-0.25, -0.2) is 8.78 Å². The van der Waals surface area contributed by atoms with Crippen LogP contribution in [0.3, 0.4) is 0 Å². The predicted molar refractivity (Wildman–Crippen MR) is 75.6 cm³/mol. The highest BCUT2D eigenvalue weighted by atomic mass is 35.5. The van der Waals surface area contributed by atoms with E-state index in [1.165, 1.54) is 0 Å². The minimum atomic E-state index is -2.42. The zero-order chi connectivity index (χ0) is 15.1. The highest BCUT2D eigenvalue weighted by Gasteiger charge is 2.17. The number of aromatic nitrogens is 2. The molecule has 0 amide bonds. The SMILES string of the molecule is CCc1nn(C)c(CC(CCOCC(F)F)NC)c1Cl. The number of halogens is 3. The van der Waals surface area contributed by atoms with Crippen LogP contribution in [0.2, 0.25) is 5.02 Å². The van der Waals surface area contributed by atoms with Crippen LogP contribution in [0.5, 0.6) is 0 Å². The van der Waals surface area contributed by atoms with Gasteiger partial charge >= 0.3 is 0 Å². The third-order valence-electron chi connectivity index (χ3n) is 3.21. The molecule has 0 fully saturated rings. The quantitative estimate of drug-likeness (QED) is 0.712. The molecule has 0 aliphatic heterocycles. The van der Waals surface area contributed by atoms with Gasteiger partial charge < -0.3 is 10.1 Å². The molecule has 0 aliphatic carbocycles. The summed E-state index contributed by atoms with van der Waals surface area (Å²) in [6.45, 7) is 1.79. The Bertz CT molecular complexity index is 413. The molecule has 0 radical (unpaired) electrons. The number of hydrogen-bond acceptors (Lipinski definition) is 3. The van der Waals surface area contributed by atoms with Crippen LogP contribution >= 0.6 is 11.6 Å². The van der Waals surface area contributed by atoms with Crippen LogP contribution in [0.25, 0.3) is 0 Å². The van der Waals surface area contributed by atoms with Crippen LogP contribution < -0.4 is 5.32 Å². The molecule has 0 aromatic carbocycles. The summed E-state index contributed by atoms with van der Waals surface area (Å²) in [5, 5.41) is 8.21. The normalized spacial score (nSPS) is 13.2. The topological polar surface area (TPSA) is 39.1 Å². The Morgan fingerprint density at radius 2 is 2.15 bits per heavy atom. The molecule has 1 N–H and O–H groups in total. The summed E-state index contributed by atoms with van der Waals surface area (Å²) in [5.41, 5.74) is 1.84. The average Bonchev–Trinajstić information content (AvgIpc) is 2.68. The van der Waals surface area contributed by atoms with E-state index in [2.05, 4.69) is 10.4 Å². The first-order valence-corrected chi connectivity index (χ1v) is 7.10. The van der Waals surface area contributed by atoms with Gasteiger partial charge in [-0.05, 0) is 19.9 Å². The summed E-state index contributed by atoms with van der Waals surface area (Å²) in [6, 6.07) is 0.116. The molecule has 7 heteroatoms. The Kier molecular flexibility index (Phi) is 7.40. The summed E-state index contributed by atoms with van der Waals surface area (Å²) < 4.78 is 30.6. The van der Waals surface area contributed by atoms with Crippen LogP contribution in [0.1, 0.15) is 24.7 Å². The van der Waals surface area contributed by atoms with E-state index in [0.717, 1.165) is 17.8 Å². The van der Waals surface area contributed by atoms with E-state index in [9.17, 15) is 8.78 Å². The second-order valence-electron chi connectivity index (χ2n) is 4.63. The van der Waals surface area contributed by atoms with E-state index in [4.69, 9.17) is 16.3 Å². The Morgan fingerprint density at radius 1 is 1.45 bits per heavy atom. The minimum Gasteiger partial charge on any atom is -0.375 e. The number of likely N-dealkylation sites (N-methyl/N-ethyl adjacent to an activating group) is 1. The Balaban J connectivity index is 2.53. The van der Waals surface area contributed by atoms with Gasteiger partial charge in [-0.15, -0.1) is 0 Å². The van der Waals surface area contributed by atoms with Crippen LogP contribution in [-0.2, 0) is 24.6 Å². The Morgan fingerprint density at radius 3 is 2.65 bits per heavy atom. The fourth-order valence-electron chi connectivity index (χ4n) is 2.02. The van der Waals surface area contributed by atoms with Gasteiger partial charge in [0, 0.05) is 26.1 Å². The van der Waals surface area contributed by atoms with Crippen molar-refractivity contribution in [3.8, 4) is 0 Å². The summed E-state index contributed by atoms with van der Waals surface area (Å²) in [5.74, 6) is 0. The van der Waals surface area contributed by atoms with Crippen molar-refractivity contribution in [1.82, 2.24) is 15.1 Å². The van der Waals surface area contributed by atoms with E-state index in [1.54, 1.807) is 4.68 Å². The molecule has 0 saturated heterocycles. The molecule has 1 aromatic heterocycles. The Labute approximate surface area is 123 Å². The molecular formula is C13H22ClF2N3O. The van der Waals surface area contributed by atoms with Gasteiger partial charge in [-0.1, -0.05) is 18.5 Å². The molecule has 1 aromatic rings. The maximum Gasteiger partial charge on any atom is 0.261 e. The van der Waals surface area contributed by atoms with E-state index in [0.29, 0.717) is 24.5 Å². The lowest BCUT2D eigenvalue weighted by Crippen LogP contribution is -2.30. The number of nitrogens with one attached hydrogen (secondary N) is 1. The van der Waals surface area contributed by atoms with Gasteiger partial charge in [0.1, 0.15) is 6.61 Å². The molecule has 20 heavy (non-hydrogen) atoms. The predicted octanol–water partition coefficient (Wildman–Crippen LogP) is 2.44. The van der Waals surface area contributed by atoms with Crippen LogP contribution in [-0.4, -0.2) is 42.5 Å². The highest BCUT2D eigenvalue weighted by molar-refractivity contribution is 6.31. The molecule has 1 rings (SSSR count). The van der Waals surface area contributed by atoms with Crippen LogP contribution in [0.15, 0.2) is 0 Å². The van der Waals surface area contributed by atoms with E-state index < -0.39 is 13.0 Å². The first kappa shape index (κ1) is 17.3. The molecule has 116 valence electrons. The van der Waals surface area contributed by atoms with Crippen LogP contribution in [0, 0.1) is 0 Å². The lowest BCUT2D eigenvalue weighted by atomic mass is 10.1. The maximum absolute atomic E-state index is 12.0. The van der Waals surface area contributed by atoms with Gasteiger partial charge in [0.15, 0.2) is 0 Å². The highest BCUT2D eigenvalue weighted by Crippen LogP contribution is 2.22. The van der Waals surface area contributed by atoms with Crippen LogP contribution in [0.4, 0.5) is 8.78 Å². The molecule has 0 bridgehead atoms. The van der Waals surface area contributed by atoms with Crippen molar-refractivity contribution in [2.24, 2.45) is 7.05 Å². The number of ether oxygens (including phenoxy) is 1. The Hall–Kier alpha value is -0.720. The zero-order valence-corrected chi connectivity index (χ0v) is 12.9. The number of alkyl halides is 2. The third kappa shape index (κ3) is 5.00. The van der Waals surface area contributed by atoms with Gasteiger partial charge in [0.05, 0.1) is 16.4 Å². The first-order chi connectivity index (χ1) is 9.49. The van der Waals surface area contributed by atoms with Crippen molar-refractivity contribution >= 4 is 11.6 Å². The fourth-order valence-corrected chi connectivity index (χ4v) is 2.39. The number of nitrogens with zero attached hydrogens (tertiary/aromatic N) is 2. The lowest BCUT2D eigenvalue weighted by Gasteiger charge is -2.16. The summed E-state index contributed by atoms with van der Waals surface area (Å²) in [6.07, 6.45) is -0.293. The van der Waals surface area contributed by atoms with Gasteiger partial charge in [-0.2, -0.15) is 5.10 Å². The van der Waals surface area contributed by atoms with Gasteiger partial charge in [0.2, 0.25) is 0 Å². The van der Waals surface area contributed by atoms with Crippen molar-refractivity contribution in [2.75, 3.05) is 20.3 Å². The molecule has 4 nitrogen and oxygen atoms in total. The second kappa shape index (κ2) is 8.54. The van der Waals surface area contributed by atoms with E-state index in [-0.39, 0.29) is 6.04 Å².